The molecule has 0 unspecified atom stereocenters. The molecule has 3 fully saturated rings. The minimum Gasteiger partial charge on any atom is -0.356 e. The summed E-state index contributed by atoms with van der Waals surface area (Å²) >= 11 is 0. The molecular formula is C18H31N3O2. The SMILES string of the molecule is O=C(NCCC1CCN(C(=O)NC2CCCCC2)CC1)C1CC1. The number of nitrogens with one attached hydrogen (secondary N) is 2. The first-order valence-electron chi connectivity index (χ1n) is 9.55. The molecule has 130 valence electrons. The van der Waals surface area contributed by atoms with Crippen LogP contribution in [0.2, 0.25) is 0 Å². The Bertz CT molecular complexity index is 408. The van der Waals surface area contributed by atoms with Gasteiger partial charge in [-0.1, -0.05) is 19.3 Å². The minimum atomic E-state index is 0.136. The van der Waals surface area contributed by atoms with Crippen molar-refractivity contribution < 1.29 is 9.59 Å². The Balaban J connectivity index is 1.29. The van der Waals surface area contributed by atoms with Crippen molar-refractivity contribution >= 4 is 11.9 Å². The van der Waals surface area contributed by atoms with Gasteiger partial charge in [0.1, 0.15) is 0 Å². The van der Waals surface area contributed by atoms with E-state index in [2.05, 4.69) is 10.6 Å². The fourth-order valence-electron chi connectivity index (χ4n) is 3.83. The molecule has 3 aliphatic rings. The van der Waals surface area contributed by atoms with Crippen molar-refractivity contribution in [3.05, 3.63) is 0 Å². The number of carbonyl (C=O) groups is 2. The second-order valence-electron chi connectivity index (χ2n) is 7.57. The highest BCUT2D eigenvalue weighted by molar-refractivity contribution is 5.80. The molecule has 0 aromatic heterocycles. The van der Waals surface area contributed by atoms with Crippen molar-refractivity contribution in [2.45, 2.75) is 70.3 Å². The van der Waals surface area contributed by atoms with E-state index in [1.807, 2.05) is 4.90 Å². The number of nitrogens with zero attached hydrogens (tertiary/aromatic N) is 1. The summed E-state index contributed by atoms with van der Waals surface area (Å²) in [6.45, 7) is 2.52. The molecule has 5 heteroatoms. The summed E-state index contributed by atoms with van der Waals surface area (Å²) in [6, 6.07) is 0.531. The second kappa shape index (κ2) is 8.02. The number of hydrogen-bond donors (Lipinski definition) is 2. The van der Waals surface area contributed by atoms with Gasteiger partial charge in [0.05, 0.1) is 0 Å². The molecule has 3 amide bonds. The molecule has 3 rings (SSSR count). The van der Waals surface area contributed by atoms with Gasteiger partial charge in [-0.3, -0.25) is 4.79 Å². The average molecular weight is 321 g/mol. The highest BCUT2D eigenvalue weighted by atomic mass is 16.2. The maximum Gasteiger partial charge on any atom is 0.317 e. The third-order valence-corrected chi connectivity index (χ3v) is 5.63. The van der Waals surface area contributed by atoms with Gasteiger partial charge >= 0.3 is 6.03 Å². The first-order valence-corrected chi connectivity index (χ1v) is 9.55. The molecule has 0 spiro atoms. The van der Waals surface area contributed by atoms with Crippen molar-refractivity contribution in [1.82, 2.24) is 15.5 Å². The molecule has 0 radical (unpaired) electrons. The molecule has 0 aromatic carbocycles. The van der Waals surface area contributed by atoms with Crippen LogP contribution in [0.5, 0.6) is 0 Å². The molecule has 0 aromatic rings. The molecule has 1 aliphatic heterocycles. The van der Waals surface area contributed by atoms with Gasteiger partial charge in [-0.05, 0) is 50.9 Å². The standard InChI is InChI=1S/C18H31N3O2/c22-17(15-6-7-15)19-11-8-14-9-12-21(13-10-14)18(23)20-16-4-2-1-3-5-16/h14-16H,1-13H2,(H,19,22)(H,20,23). The zero-order valence-electron chi connectivity index (χ0n) is 14.2. The lowest BCUT2D eigenvalue weighted by atomic mass is 9.93. The van der Waals surface area contributed by atoms with Crippen molar-refractivity contribution in [3.63, 3.8) is 0 Å². The summed E-state index contributed by atoms with van der Waals surface area (Å²) < 4.78 is 0. The molecule has 0 atom stereocenters. The average Bonchev–Trinajstić information content (AvgIpc) is 3.41. The summed E-state index contributed by atoms with van der Waals surface area (Å²) in [4.78, 5) is 25.9. The van der Waals surface area contributed by atoms with Crippen molar-refractivity contribution in [3.8, 4) is 0 Å². The van der Waals surface area contributed by atoms with Crippen LogP contribution in [-0.2, 0) is 4.79 Å². The van der Waals surface area contributed by atoms with E-state index >= 15 is 0 Å². The van der Waals surface area contributed by atoms with Crippen molar-refractivity contribution in [1.29, 1.82) is 0 Å². The third-order valence-electron chi connectivity index (χ3n) is 5.63. The predicted octanol–water partition coefficient (Wildman–Crippen LogP) is 2.66. The molecular weight excluding hydrogens is 290 g/mol. The number of likely N-dealkylation sites (tertiary alicyclic amines) is 1. The number of urea groups is 1. The molecule has 0 bridgehead atoms. The Morgan fingerprint density at radius 3 is 2.26 bits per heavy atom. The number of piperidine rings is 1. The number of carbonyl (C=O) groups excluding carboxylic acids is 2. The Morgan fingerprint density at radius 1 is 0.913 bits per heavy atom. The lowest BCUT2D eigenvalue weighted by Crippen LogP contribution is -2.48. The van der Waals surface area contributed by atoms with Crippen LogP contribution in [0.15, 0.2) is 0 Å². The van der Waals surface area contributed by atoms with Crippen LogP contribution >= 0.6 is 0 Å². The molecule has 1 saturated heterocycles. The summed E-state index contributed by atoms with van der Waals surface area (Å²) in [5.74, 6) is 1.20. The maximum absolute atomic E-state index is 12.3. The molecule has 1 heterocycles. The third kappa shape index (κ3) is 5.11. The summed E-state index contributed by atoms with van der Waals surface area (Å²) in [5.41, 5.74) is 0. The topological polar surface area (TPSA) is 61.4 Å². The van der Waals surface area contributed by atoms with Gasteiger partial charge in [0.2, 0.25) is 5.91 Å². The van der Waals surface area contributed by atoms with E-state index in [0.29, 0.717) is 17.9 Å². The van der Waals surface area contributed by atoms with Crippen LogP contribution in [0.1, 0.15) is 64.2 Å². The smallest absolute Gasteiger partial charge is 0.317 e. The lowest BCUT2D eigenvalue weighted by molar-refractivity contribution is -0.122. The Morgan fingerprint density at radius 2 is 1.61 bits per heavy atom. The normalized spacial score (nSPS) is 23.6. The first kappa shape index (κ1) is 16.6. The number of hydrogen-bond acceptors (Lipinski definition) is 2. The molecule has 2 saturated carbocycles. The summed E-state index contributed by atoms with van der Waals surface area (Å²) in [7, 11) is 0. The van der Waals surface area contributed by atoms with Gasteiger partial charge in [0, 0.05) is 31.6 Å². The van der Waals surface area contributed by atoms with E-state index < -0.39 is 0 Å². The van der Waals surface area contributed by atoms with Gasteiger partial charge < -0.3 is 15.5 Å². The molecule has 23 heavy (non-hydrogen) atoms. The van der Waals surface area contributed by atoms with Crippen LogP contribution in [0.3, 0.4) is 0 Å². The lowest BCUT2D eigenvalue weighted by Gasteiger charge is -2.34. The molecule has 5 nitrogen and oxygen atoms in total. The highest BCUT2D eigenvalue weighted by Gasteiger charge is 2.29. The Kier molecular flexibility index (Phi) is 5.79. The monoisotopic (exact) mass is 321 g/mol. The first-order chi connectivity index (χ1) is 11.2. The fraction of sp³-hybridized carbons (Fsp3) is 0.889. The molecule has 2 N–H and O–H groups in total. The van der Waals surface area contributed by atoms with E-state index in [-0.39, 0.29) is 11.9 Å². The van der Waals surface area contributed by atoms with E-state index in [9.17, 15) is 9.59 Å². The van der Waals surface area contributed by atoms with Gasteiger partial charge in [-0.25, -0.2) is 4.79 Å². The number of rotatable bonds is 5. The van der Waals surface area contributed by atoms with Gasteiger partial charge in [0.15, 0.2) is 0 Å². The van der Waals surface area contributed by atoms with Crippen LogP contribution in [0.4, 0.5) is 4.79 Å². The summed E-state index contributed by atoms with van der Waals surface area (Å²) in [5, 5.41) is 6.26. The zero-order valence-corrected chi connectivity index (χ0v) is 14.2. The fourth-order valence-corrected chi connectivity index (χ4v) is 3.83. The largest absolute Gasteiger partial charge is 0.356 e. The van der Waals surface area contributed by atoms with E-state index in [1.165, 1.54) is 19.3 Å². The van der Waals surface area contributed by atoms with Gasteiger partial charge in [-0.15, -0.1) is 0 Å². The highest BCUT2D eigenvalue weighted by Crippen LogP contribution is 2.29. The number of amides is 3. The maximum atomic E-state index is 12.3. The minimum absolute atomic E-state index is 0.136. The predicted molar refractivity (Wildman–Crippen MR) is 90.1 cm³/mol. The zero-order chi connectivity index (χ0) is 16.1. The van der Waals surface area contributed by atoms with E-state index in [4.69, 9.17) is 0 Å². The van der Waals surface area contributed by atoms with Gasteiger partial charge in [-0.2, -0.15) is 0 Å². The second-order valence-corrected chi connectivity index (χ2v) is 7.57. The van der Waals surface area contributed by atoms with E-state index in [1.54, 1.807) is 0 Å². The van der Waals surface area contributed by atoms with Gasteiger partial charge in [0.25, 0.3) is 0 Å². The molecule has 2 aliphatic carbocycles. The summed E-state index contributed by atoms with van der Waals surface area (Å²) in [6.07, 6.45) is 11.4. The van der Waals surface area contributed by atoms with Crippen LogP contribution < -0.4 is 10.6 Å². The Labute approximate surface area is 139 Å². The quantitative estimate of drug-likeness (QED) is 0.818. The van der Waals surface area contributed by atoms with Crippen LogP contribution in [-0.4, -0.2) is 42.5 Å². The van der Waals surface area contributed by atoms with Crippen LogP contribution in [0.25, 0.3) is 0 Å². The van der Waals surface area contributed by atoms with E-state index in [0.717, 1.165) is 64.6 Å². The Hall–Kier alpha value is -1.26. The van der Waals surface area contributed by atoms with Crippen molar-refractivity contribution in [2.75, 3.05) is 19.6 Å². The van der Waals surface area contributed by atoms with Crippen molar-refractivity contribution in [2.24, 2.45) is 11.8 Å². The van der Waals surface area contributed by atoms with Crippen LogP contribution in [0, 0.1) is 11.8 Å².